The second-order valence-electron chi connectivity index (χ2n) is 5.40. The Morgan fingerprint density at radius 1 is 1.26 bits per heavy atom. The first-order valence-corrected chi connectivity index (χ1v) is 7.91. The van der Waals surface area contributed by atoms with Crippen molar-refractivity contribution >= 4 is 29.1 Å². The molecule has 2 aromatic rings. The average molecular weight is 377 g/mol. The van der Waals surface area contributed by atoms with E-state index in [1.54, 1.807) is 6.07 Å². The number of allylic oxidation sites excluding steroid dienone is 1. The minimum Gasteiger partial charge on any atom is -0.406 e. The predicted molar refractivity (Wildman–Crippen MR) is 98.7 cm³/mol. The van der Waals surface area contributed by atoms with E-state index in [2.05, 4.69) is 15.0 Å². The fourth-order valence-corrected chi connectivity index (χ4v) is 2.34. The fourth-order valence-electron chi connectivity index (χ4n) is 2.34. The SMILES string of the molecule is CCC(=N)c1c(C(N)=CC=N)ccnc1Nc1ccc(OC(F)(F)F)cc1. The van der Waals surface area contributed by atoms with Gasteiger partial charge in [0, 0.05) is 40.6 Å². The van der Waals surface area contributed by atoms with Gasteiger partial charge >= 0.3 is 6.36 Å². The lowest BCUT2D eigenvalue weighted by Crippen LogP contribution is -2.17. The standard InChI is InChI=1S/C18H18F3N5O/c1-2-14(23)16-13(15(24)7-9-22)8-10-25-17(16)26-11-3-5-12(6-4-11)27-18(19,20)21/h3-10,22-23H,2,24H2,1H3,(H,25,26). The van der Waals surface area contributed by atoms with E-state index >= 15 is 0 Å². The van der Waals surface area contributed by atoms with Crippen LogP contribution in [0.25, 0.3) is 5.70 Å². The Morgan fingerprint density at radius 2 is 1.93 bits per heavy atom. The zero-order chi connectivity index (χ0) is 20.0. The summed E-state index contributed by atoms with van der Waals surface area (Å²) in [4.78, 5) is 4.22. The normalized spacial score (nSPS) is 11.8. The molecule has 0 aliphatic carbocycles. The molecule has 0 saturated heterocycles. The van der Waals surface area contributed by atoms with Crippen LogP contribution in [-0.4, -0.2) is 23.3 Å². The van der Waals surface area contributed by atoms with E-state index in [4.69, 9.17) is 16.6 Å². The van der Waals surface area contributed by atoms with Crippen LogP contribution in [0.5, 0.6) is 5.75 Å². The number of benzene rings is 1. The lowest BCUT2D eigenvalue weighted by atomic mass is 10.00. The van der Waals surface area contributed by atoms with E-state index in [1.807, 2.05) is 6.92 Å². The molecule has 0 saturated carbocycles. The van der Waals surface area contributed by atoms with Crippen molar-refractivity contribution < 1.29 is 17.9 Å². The number of anilines is 2. The molecule has 0 radical (unpaired) electrons. The van der Waals surface area contributed by atoms with Crippen molar-refractivity contribution in [3.8, 4) is 5.75 Å². The zero-order valence-electron chi connectivity index (χ0n) is 14.4. The Kier molecular flexibility index (Phi) is 6.17. The van der Waals surface area contributed by atoms with Crippen LogP contribution < -0.4 is 15.8 Å². The Labute approximate surface area is 153 Å². The van der Waals surface area contributed by atoms with Gasteiger partial charge in [-0.15, -0.1) is 13.2 Å². The molecule has 0 fully saturated rings. The first kappa shape index (κ1) is 20.0. The van der Waals surface area contributed by atoms with Gasteiger partial charge < -0.3 is 26.6 Å². The van der Waals surface area contributed by atoms with Crippen molar-refractivity contribution in [2.75, 3.05) is 5.32 Å². The number of aromatic nitrogens is 1. The quantitative estimate of drug-likeness (QED) is 0.535. The second-order valence-corrected chi connectivity index (χ2v) is 5.40. The fraction of sp³-hybridized carbons (Fsp3) is 0.167. The molecule has 142 valence electrons. The summed E-state index contributed by atoms with van der Waals surface area (Å²) >= 11 is 0. The number of hydrogen-bond acceptors (Lipinski definition) is 6. The van der Waals surface area contributed by atoms with Crippen molar-refractivity contribution in [1.29, 1.82) is 10.8 Å². The summed E-state index contributed by atoms with van der Waals surface area (Å²) in [6, 6.07) is 6.80. The maximum Gasteiger partial charge on any atom is 0.573 e. The van der Waals surface area contributed by atoms with Crippen LogP contribution in [0.1, 0.15) is 24.5 Å². The number of alkyl halides is 3. The molecule has 6 nitrogen and oxygen atoms in total. The number of ether oxygens (including phenoxy) is 1. The number of nitrogens with two attached hydrogens (primary N) is 1. The van der Waals surface area contributed by atoms with Crippen molar-refractivity contribution in [1.82, 2.24) is 4.98 Å². The van der Waals surface area contributed by atoms with E-state index in [0.717, 1.165) is 6.21 Å². The van der Waals surface area contributed by atoms with Crippen molar-refractivity contribution in [3.63, 3.8) is 0 Å². The van der Waals surface area contributed by atoms with Gasteiger partial charge in [-0.2, -0.15) is 0 Å². The zero-order valence-corrected chi connectivity index (χ0v) is 14.4. The number of hydrogen-bond donors (Lipinski definition) is 4. The van der Waals surface area contributed by atoms with Gasteiger partial charge in [-0.3, -0.25) is 0 Å². The Balaban J connectivity index is 2.38. The van der Waals surface area contributed by atoms with Gasteiger partial charge in [0.25, 0.3) is 0 Å². The lowest BCUT2D eigenvalue weighted by molar-refractivity contribution is -0.274. The third-order valence-electron chi connectivity index (χ3n) is 3.53. The molecule has 0 aliphatic rings. The highest BCUT2D eigenvalue weighted by molar-refractivity contribution is 6.07. The molecule has 2 rings (SSSR count). The molecular weight excluding hydrogens is 359 g/mol. The molecule has 1 aromatic carbocycles. The maximum atomic E-state index is 12.2. The predicted octanol–water partition coefficient (Wildman–Crippen LogP) is 4.45. The highest BCUT2D eigenvalue weighted by Gasteiger charge is 2.31. The molecular formula is C18H18F3N5O. The third kappa shape index (κ3) is 5.30. The number of rotatable bonds is 7. The Bertz CT molecular complexity index is 860. The van der Waals surface area contributed by atoms with E-state index in [-0.39, 0.29) is 11.5 Å². The molecule has 0 spiro atoms. The molecule has 27 heavy (non-hydrogen) atoms. The second kappa shape index (κ2) is 8.35. The van der Waals surface area contributed by atoms with Gasteiger partial charge in [-0.05, 0) is 42.8 Å². The summed E-state index contributed by atoms with van der Waals surface area (Å²) in [7, 11) is 0. The van der Waals surface area contributed by atoms with Crippen LogP contribution in [0.4, 0.5) is 24.7 Å². The average Bonchev–Trinajstić information content (AvgIpc) is 2.61. The first-order valence-electron chi connectivity index (χ1n) is 7.91. The topological polar surface area (TPSA) is 108 Å². The summed E-state index contributed by atoms with van der Waals surface area (Å²) < 4.78 is 40.6. The van der Waals surface area contributed by atoms with Gasteiger partial charge in [-0.1, -0.05) is 6.92 Å². The number of nitrogens with one attached hydrogen (secondary N) is 3. The minimum atomic E-state index is -4.76. The maximum absolute atomic E-state index is 12.2. The smallest absolute Gasteiger partial charge is 0.406 e. The molecule has 0 aliphatic heterocycles. The first-order chi connectivity index (χ1) is 12.7. The molecule has 5 N–H and O–H groups in total. The third-order valence-corrected chi connectivity index (χ3v) is 3.53. The van der Waals surface area contributed by atoms with Crippen molar-refractivity contribution in [2.24, 2.45) is 5.73 Å². The number of nitrogens with zero attached hydrogens (tertiary/aromatic N) is 1. The summed E-state index contributed by atoms with van der Waals surface area (Å²) in [5.74, 6) is -0.000356. The molecule has 9 heteroatoms. The van der Waals surface area contributed by atoms with E-state index < -0.39 is 6.36 Å². The highest BCUT2D eigenvalue weighted by Crippen LogP contribution is 2.28. The van der Waals surface area contributed by atoms with Gasteiger partial charge in [0.05, 0.1) is 0 Å². The van der Waals surface area contributed by atoms with E-state index in [9.17, 15) is 13.2 Å². The Morgan fingerprint density at radius 3 is 2.48 bits per heavy atom. The summed E-state index contributed by atoms with van der Waals surface area (Å²) in [6.45, 7) is 1.81. The van der Waals surface area contributed by atoms with Crippen molar-refractivity contribution in [3.05, 3.63) is 53.7 Å². The largest absolute Gasteiger partial charge is 0.573 e. The van der Waals surface area contributed by atoms with Crippen LogP contribution >= 0.6 is 0 Å². The summed E-state index contributed by atoms with van der Waals surface area (Å²) in [5, 5.41) is 18.4. The van der Waals surface area contributed by atoms with Crippen LogP contribution in [0, 0.1) is 10.8 Å². The molecule has 0 unspecified atom stereocenters. The molecule has 0 atom stereocenters. The van der Waals surface area contributed by atoms with E-state index in [0.29, 0.717) is 34.8 Å². The highest BCUT2D eigenvalue weighted by atomic mass is 19.4. The summed E-state index contributed by atoms with van der Waals surface area (Å²) in [6.07, 6.45) is -0.400. The molecule has 1 aromatic heterocycles. The monoisotopic (exact) mass is 377 g/mol. The lowest BCUT2D eigenvalue weighted by Gasteiger charge is -2.16. The van der Waals surface area contributed by atoms with Gasteiger partial charge in [0.15, 0.2) is 0 Å². The molecule has 0 bridgehead atoms. The molecule has 1 heterocycles. The Hall–Kier alpha value is -3.36. The van der Waals surface area contributed by atoms with Crippen LogP contribution in [-0.2, 0) is 0 Å². The minimum absolute atomic E-state index is 0.277. The molecule has 0 amide bonds. The number of pyridine rings is 1. The van der Waals surface area contributed by atoms with Gasteiger partial charge in [-0.25, -0.2) is 4.98 Å². The van der Waals surface area contributed by atoms with Crippen LogP contribution in [0.15, 0.2) is 42.6 Å². The van der Waals surface area contributed by atoms with Crippen LogP contribution in [0.2, 0.25) is 0 Å². The van der Waals surface area contributed by atoms with Crippen LogP contribution in [0.3, 0.4) is 0 Å². The van der Waals surface area contributed by atoms with Gasteiger partial charge in [0.1, 0.15) is 11.6 Å². The van der Waals surface area contributed by atoms with E-state index in [1.165, 1.54) is 36.5 Å². The number of halogens is 3. The van der Waals surface area contributed by atoms with Crippen molar-refractivity contribution in [2.45, 2.75) is 19.7 Å². The van der Waals surface area contributed by atoms with Gasteiger partial charge in [0.2, 0.25) is 0 Å². The summed E-state index contributed by atoms with van der Waals surface area (Å²) in [5.41, 5.74) is 8.03.